The molecule has 12 nitrogen and oxygen atoms in total. The monoisotopic (exact) mass is 448 g/mol. The zero-order valence-electron chi connectivity index (χ0n) is 17.5. The predicted molar refractivity (Wildman–Crippen MR) is 103 cm³/mol. The second-order valence-corrected chi connectivity index (χ2v) is 8.61. The van der Waals surface area contributed by atoms with Gasteiger partial charge in [0.25, 0.3) is 0 Å². The first kappa shape index (κ1) is 22.1. The van der Waals surface area contributed by atoms with Gasteiger partial charge in [0.1, 0.15) is 12.1 Å². The molecule has 0 spiro atoms. The van der Waals surface area contributed by atoms with Crippen LogP contribution in [0.4, 0.5) is 0 Å². The number of esters is 2. The number of likely N-dealkylation sites (tertiary alicyclic amines) is 2. The molecule has 3 fully saturated rings. The van der Waals surface area contributed by atoms with Gasteiger partial charge in [-0.3, -0.25) is 28.8 Å². The number of ether oxygens (including phenoxy) is 2. The molecule has 0 aromatic rings. The van der Waals surface area contributed by atoms with Crippen LogP contribution in [0.2, 0.25) is 0 Å². The van der Waals surface area contributed by atoms with E-state index in [0.29, 0.717) is 0 Å². The van der Waals surface area contributed by atoms with Crippen LogP contribution in [0.1, 0.15) is 13.8 Å². The summed E-state index contributed by atoms with van der Waals surface area (Å²) in [5.41, 5.74) is 10.9. The molecule has 12 heteroatoms. The third-order valence-electron chi connectivity index (χ3n) is 6.61. The van der Waals surface area contributed by atoms with Crippen molar-refractivity contribution in [2.75, 3.05) is 13.5 Å². The lowest BCUT2D eigenvalue weighted by Gasteiger charge is -2.44. The molecule has 4 N–H and O–H groups in total. The summed E-state index contributed by atoms with van der Waals surface area (Å²) < 4.78 is 9.90. The maximum atomic E-state index is 13.0. The summed E-state index contributed by atoms with van der Waals surface area (Å²) in [7, 11) is 0. The predicted octanol–water partition coefficient (Wildman–Crippen LogP) is -2.30. The maximum absolute atomic E-state index is 13.0. The Labute approximate surface area is 182 Å². The number of carbonyl (C=O) groups is 6. The average molecular weight is 448 g/mol. The van der Waals surface area contributed by atoms with Gasteiger partial charge in [0, 0.05) is 11.8 Å². The van der Waals surface area contributed by atoms with Crippen LogP contribution in [0.15, 0.2) is 12.2 Å². The van der Waals surface area contributed by atoms with Crippen LogP contribution in [-0.4, -0.2) is 70.9 Å². The van der Waals surface area contributed by atoms with Gasteiger partial charge in [-0.05, 0) is 13.8 Å². The zero-order valence-corrected chi connectivity index (χ0v) is 17.5. The minimum atomic E-state index is -0.917. The smallest absolute Gasteiger partial charge is 0.324 e. The SMILES string of the molecule is CC(N)C(=O)OCN1C(=O)C2C3C=CC(C2C1=O)C1C(=O)N(COC(=O)C(C)N)C(=O)C31. The summed E-state index contributed by atoms with van der Waals surface area (Å²) in [5, 5.41) is 0. The molecular weight excluding hydrogens is 424 g/mol. The lowest BCUT2D eigenvalue weighted by Crippen LogP contribution is -2.50. The zero-order chi connectivity index (χ0) is 23.5. The molecule has 2 bridgehead atoms. The summed E-state index contributed by atoms with van der Waals surface area (Å²) in [6, 6.07) is -1.83. The molecule has 2 heterocycles. The third kappa shape index (κ3) is 3.13. The van der Waals surface area contributed by atoms with E-state index in [9.17, 15) is 28.8 Å². The number of hydrogen-bond acceptors (Lipinski definition) is 10. The molecule has 4 amide bonds. The summed E-state index contributed by atoms with van der Waals surface area (Å²) in [6.45, 7) is 1.69. The second-order valence-electron chi connectivity index (χ2n) is 8.61. The van der Waals surface area contributed by atoms with Crippen molar-refractivity contribution in [1.82, 2.24) is 9.80 Å². The fraction of sp³-hybridized carbons (Fsp3) is 0.600. The van der Waals surface area contributed by atoms with Crippen LogP contribution < -0.4 is 11.5 Å². The number of nitrogens with zero attached hydrogens (tertiary/aromatic N) is 2. The second kappa shape index (κ2) is 7.78. The fourth-order valence-electron chi connectivity index (χ4n) is 5.12. The highest BCUT2D eigenvalue weighted by Crippen LogP contribution is 2.57. The summed E-state index contributed by atoms with van der Waals surface area (Å²) in [6.07, 6.45) is 3.39. The lowest BCUT2D eigenvalue weighted by atomic mass is 9.54. The summed E-state index contributed by atoms with van der Waals surface area (Å²) in [5.74, 6) is -8.46. The van der Waals surface area contributed by atoms with Crippen LogP contribution in [0.25, 0.3) is 0 Å². The number of amides is 4. The molecule has 1 saturated carbocycles. The minimum Gasteiger partial charge on any atom is -0.443 e. The van der Waals surface area contributed by atoms with Gasteiger partial charge in [-0.15, -0.1) is 0 Å². The lowest BCUT2D eigenvalue weighted by molar-refractivity contribution is -0.158. The van der Waals surface area contributed by atoms with Gasteiger partial charge < -0.3 is 20.9 Å². The van der Waals surface area contributed by atoms with E-state index in [-0.39, 0.29) is 0 Å². The molecule has 0 radical (unpaired) electrons. The van der Waals surface area contributed by atoms with Crippen LogP contribution >= 0.6 is 0 Å². The van der Waals surface area contributed by atoms with Gasteiger partial charge in [0.05, 0.1) is 23.7 Å². The Morgan fingerprint density at radius 1 is 0.750 bits per heavy atom. The van der Waals surface area contributed by atoms with Gasteiger partial charge >= 0.3 is 11.9 Å². The minimum absolute atomic E-state index is 0.558. The van der Waals surface area contributed by atoms with E-state index < -0.39 is 96.6 Å². The van der Waals surface area contributed by atoms with E-state index in [1.807, 2.05) is 0 Å². The summed E-state index contributed by atoms with van der Waals surface area (Å²) >= 11 is 0. The highest BCUT2D eigenvalue weighted by atomic mass is 16.6. The molecule has 3 aliphatic carbocycles. The molecule has 0 aromatic carbocycles. The Morgan fingerprint density at radius 2 is 1.03 bits per heavy atom. The molecule has 5 rings (SSSR count). The normalized spacial score (nSPS) is 34.5. The molecule has 32 heavy (non-hydrogen) atoms. The van der Waals surface area contributed by atoms with Gasteiger partial charge in [-0.2, -0.15) is 0 Å². The van der Waals surface area contributed by atoms with Gasteiger partial charge in [0.2, 0.25) is 23.6 Å². The van der Waals surface area contributed by atoms with Crippen LogP contribution in [-0.2, 0) is 38.2 Å². The van der Waals surface area contributed by atoms with Gasteiger partial charge in [-0.1, -0.05) is 12.2 Å². The first-order chi connectivity index (χ1) is 15.1. The average Bonchev–Trinajstić information content (AvgIpc) is 3.17. The number of nitrogens with two attached hydrogens (primary N) is 2. The highest BCUT2D eigenvalue weighted by molar-refractivity contribution is 6.10. The number of carbonyl (C=O) groups excluding carboxylic acids is 6. The maximum Gasteiger partial charge on any atom is 0.324 e. The molecular formula is C20H24N4O8. The molecule has 2 saturated heterocycles. The molecule has 2 aliphatic heterocycles. The number of hydrogen-bond donors (Lipinski definition) is 2. The van der Waals surface area contributed by atoms with E-state index in [2.05, 4.69) is 0 Å². The van der Waals surface area contributed by atoms with Crippen molar-refractivity contribution in [3.05, 3.63) is 12.2 Å². The van der Waals surface area contributed by atoms with Crippen LogP contribution in [0.3, 0.4) is 0 Å². The molecule has 6 unspecified atom stereocenters. The van der Waals surface area contributed by atoms with Crippen molar-refractivity contribution < 1.29 is 38.2 Å². The molecule has 172 valence electrons. The number of rotatable bonds is 6. The van der Waals surface area contributed by atoms with Gasteiger partial charge in [0.15, 0.2) is 13.5 Å². The summed E-state index contributed by atoms with van der Waals surface area (Å²) in [4.78, 5) is 77.1. The first-order valence-electron chi connectivity index (χ1n) is 10.3. The van der Waals surface area contributed by atoms with E-state index in [1.165, 1.54) is 13.8 Å². The van der Waals surface area contributed by atoms with Crippen molar-refractivity contribution in [1.29, 1.82) is 0 Å². The Balaban J connectivity index is 1.55. The van der Waals surface area contributed by atoms with Crippen LogP contribution in [0.5, 0.6) is 0 Å². The van der Waals surface area contributed by atoms with Gasteiger partial charge in [-0.25, -0.2) is 9.80 Å². The number of imide groups is 2. The molecule has 0 aromatic heterocycles. The van der Waals surface area contributed by atoms with E-state index >= 15 is 0 Å². The van der Waals surface area contributed by atoms with E-state index in [1.54, 1.807) is 12.2 Å². The van der Waals surface area contributed by atoms with Crippen molar-refractivity contribution >= 4 is 35.6 Å². The van der Waals surface area contributed by atoms with Crippen molar-refractivity contribution in [2.24, 2.45) is 47.0 Å². The third-order valence-corrected chi connectivity index (χ3v) is 6.61. The van der Waals surface area contributed by atoms with E-state index in [4.69, 9.17) is 20.9 Å². The fourth-order valence-corrected chi connectivity index (χ4v) is 5.12. The standard InChI is InChI=1S/C20H24N4O8/c1-7(21)19(29)31-5-23-15(25)11-9-3-4-10(12(11)16(23)26)14-13(9)17(27)24(18(14)28)6-32-20(30)8(2)22/h3-4,7-14H,5-6,21-22H2,1-2H3. The Hall–Kier alpha value is -3.12. The quantitative estimate of drug-likeness (QED) is 0.255. The highest BCUT2D eigenvalue weighted by Gasteiger charge is 2.68. The van der Waals surface area contributed by atoms with Crippen molar-refractivity contribution in [2.45, 2.75) is 25.9 Å². The first-order valence-corrected chi connectivity index (χ1v) is 10.3. The molecule has 6 atom stereocenters. The largest absolute Gasteiger partial charge is 0.443 e. The molecule has 5 aliphatic rings. The van der Waals surface area contributed by atoms with Crippen molar-refractivity contribution in [3.8, 4) is 0 Å². The van der Waals surface area contributed by atoms with Crippen LogP contribution in [0, 0.1) is 35.5 Å². The Morgan fingerprint density at radius 3 is 1.28 bits per heavy atom. The van der Waals surface area contributed by atoms with Crippen molar-refractivity contribution in [3.63, 3.8) is 0 Å². The Kier molecular flexibility index (Phi) is 5.37. The van der Waals surface area contributed by atoms with E-state index in [0.717, 1.165) is 9.80 Å². The number of allylic oxidation sites excluding steroid dienone is 2. The Bertz CT molecular complexity index is 826. The topological polar surface area (TPSA) is 179 Å².